The average Bonchev–Trinajstić information content (AvgIpc) is 3.09. The molecule has 0 bridgehead atoms. The van der Waals surface area contributed by atoms with E-state index in [0.717, 1.165) is 60.9 Å². The first-order valence-corrected chi connectivity index (χ1v) is 16.4. The summed E-state index contributed by atoms with van der Waals surface area (Å²) in [7, 11) is 0. The van der Waals surface area contributed by atoms with Gasteiger partial charge in [0.15, 0.2) is 0 Å². The molecule has 5 rings (SSSR count). The number of benzene rings is 2. The van der Waals surface area contributed by atoms with Crippen molar-refractivity contribution in [1.82, 2.24) is 20.3 Å². The highest BCUT2D eigenvalue weighted by molar-refractivity contribution is 5.82. The second-order valence-corrected chi connectivity index (χ2v) is 12.9. The number of carbonyl (C=O) groups is 2. The van der Waals surface area contributed by atoms with Crippen LogP contribution in [-0.4, -0.2) is 58.3 Å². The molecule has 3 N–H and O–H groups in total. The molecule has 48 heavy (non-hydrogen) atoms. The van der Waals surface area contributed by atoms with Crippen LogP contribution in [0.1, 0.15) is 61.9 Å². The van der Waals surface area contributed by atoms with Crippen LogP contribution >= 0.6 is 0 Å². The number of nitrogens with zero attached hydrogens (tertiary/aromatic N) is 4. The van der Waals surface area contributed by atoms with Gasteiger partial charge in [-0.25, -0.2) is 24.5 Å². The molecule has 0 aliphatic carbocycles. The van der Waals surface area contributed by atoms with Crippen molar-refractivity contribution in [2.24, 2.45) is 0 Å². The Morgan fingerprint density at radius 2 is 1.58 bits per heavy atom. The van der Waals surface area contributed by atoms with Crippen molar-refractivity contribution < 1.29 is 19.1 Å². The van der Waals surface area contributed by atoms with E-state index in [1.807, 2.05) is 61.5 Å². The predicted molar refractivity (Wildman–Crippen MR) is 187 cm³/mol. The van der Waals surface area contributed by atoms with Gasteiger partial charge in [-0.15, -0.1) is 0 Å². The summed E-state index contributed by atoms with van der Waals surface area (Å²) in [6.07, 6.45) is 2.68. The lowest BCUT2D eigenvalue weighted by atomic mass is 9.93. The smallest absolute Gasteiger partial charge is 0.408 e. The number of nitrogens with one attached hydrogen (secondary N) is 3. The minimum Gasteiger partial charge on any atom is -0.458 e. The van der Waals surface area contributed by atoms with E-state index < -0.39 is 23.7 Å². The fraction of sp³-hybridized carbons (Fsp3) is 0.378. The van der Waals surface area contributed by atoms with Crippen LogP contribution in [-0.2, 0) is 27.4 Å². The summed E-state index contributed by atoms with van der Waals surface area (Å²) in [5.41, 5.74) is 3.27. The van der Waals surface area contributed by atoms with E-state index >= 15 is 0 Å². The molecule has 4 aromatic rings. The van der Waals surface area contributed by atoms with Crippen molar-refractivity contribution in [1.29, 1.82) is 0 Å². The quantitative estimate of drug-likeness (QED) is 0.152. The van der Waals surface area contributed by atoms with Gasteiger partial charge in [0.05, 0.1) is 0 Å². The molecule has 3 heterocycles. The van der Waals surface area contributed by atoms with Crippen LogP contribution in [0.2, 0.25) is 0 Å². The van der Waals surface area contributed by atoms with E-state index in [1.165, 1.54) is 11.9 Å². The standard InChI is InChI=1S/C37H45N7O4/c1-26-33(39-23-31(35(45)48-37(2,3)4)43-36(46)47-24-28-14-9-6-10-15-28)40-25-41-34(26)44-20-18-29(19-21-44)30-16-11-17-32(42-30)38-22-27-12-7-5-8-13-27/h5-17,25,29,31H,18-24H2,1-4H3,(H,38,42)(H,43,46)(H,39,40,41)/t31-/m0/s1. The summed E-state index contributed by atoms with van der Waals surface area (Å²) in [6.45, 7) is 9.80. The molecule has 1 atom stereocenters. The number of piperidine rings is 1. The number of esters is 1. The maximum absolute atomic E-state index is 13.1. The summed E-state index contributed by atoms with van der Waals surface area (Å²) < 4.78 is 11.0. The van der Waals surface area contributed by atoms with Crippen molar-refractivity contribution in [2.45, 2.75) is 71.2 Å². The lowest BCUT2D eigenvalue weighted by molar-refractivity contribution is -0.156. The molecule has 0 unspecified atom stereocenters. The molecule has 0 saturated carbocycles. The average molecular weight is 652 g/mol. The van der Waals surface area contributed by atoms with Gasteiger partial charge in [0.2, 0.25) is 0 Å². The molecule has 2 aromatic heterocycles. The number of carbonyl (C=O) groups excluding carboxylic acids is 2. The van der Waals surface area contributed by atoms with Crippen LogP contribution in [0.5, 0.6) is 0 Å². The van der Waals surface area contributed by atoms with Gasteiger partial charge in [-0.05, 0) is 63.8 Å². The Labute approximate surface area is 282 Å². The number of amides is 1. The van der Waals surface area contributed by atoms with Crippen molar-refractivity contribution >= 4 is 29.5 Å². The first kappa shape index (κ1) is 34.2. The summed E-state index contributed by atoms with van der Waals surface area (Å²) in [5, 5.41) is 9.34. The summed E-state index contributed by atoms with van der Waals surface area (Å²) in [4.78, 5) is 42.0. The van der Waals surface area contributed by atoms with E-state index in [-0.39, 0.29) is 13.2 Å². The molecule has 1 amide bonds. The van der Waals surface area contributed by atoms with Crippen LogP contribution in [0.15, 0.2) is 85.2 Å². The third-order valence-corrected chi connectivity index (χ3v) is 8.03. The highest BCUT2D eigenvalue weighted by Crippen LogP contribution is 2.32. The molecule has 1 aliphatic rings. The van der Waals surface area contributed by atoms with E-state index in [9.17, 15) is 9.59 Å². The third kappa shape index (κ3) is 9.90. The summed E-state index contributed by atoms with van der Waals surface area (Å²) >= 11 is 0. The molecule has 1 saturated heterocycles. The number of rotatable bonds is 12. The first-order valence-electron chi connectivity index (χ1n) is 16.4. The number of hydrogen-bond donors (Lipinski definition) is 3. The van der Waals surface area contributed by atoms with Gasteiger partial charge in [0.25, 0.3) is 0 Å². The molecule has 0 spiro atoms. The molecule has 1 aliphatic heterocycles. The molecule has 11 nitrogen and oxygen atoms in total. The van der Waals surface area contributed by atoms with Crippen molar-refractivity contribution in [3.05, 3.63) is 108 Å². The molecule has 2 aromatic carbocycles. The Kier molecular flexibility index (Phi) is 11.4. The zero-order chi connectivity index (χ0) is 33.9. The molecular formula is C37H45N7O4. The van der Waals surface area contributed by atoms with Crippen LogP contribution < -0.4 is 20.9 Å². The minimum atomic E-state index is -1.01. The molecule has 1 fully saturated rings. The number of pyridine rings is 1. The Morgan fingerprint density at radius 1 is 0.896 bits per heavy atom. The van der Waals surface area contributed by atoms with E-state index in [2.05, 4.69) is 55.1 Å². The van der Waals surface area contributed by atoms with Crippen LogP contribution in [0.4, 0.5) is 22.2 Å². The Bertz CT molecular complexity index is 1640. The van der Waals surface area contributed by atoms with Crippen LogP contribution in [0.3, 0.4) is 0 Å². The van der Waals surface area contributed by atoms with Gasteiger partial charge in [-0.1, -0.05) is 66.7 Å². The minimum absolute atomic E-state index is 0.0506. The maximum atomic E-state index is 13.1. The molecule has 11 heteroatoms. The number of alkyl carbamates (subject to hydrolysis) is 1. The van der Waals surface area contributed by atoms with Crippen LogP contribution in [0.25, 0.3) is 0 Å². The van der Waals surface area contributed by atoms with E-state index in [0.29, 0.717) is 11.7 Å². The largest absolute Gasteiger partial charge is 0.458 e. The Hall–Kier alpha value is -5.19. The molecule has 252 valence electrons. The normalized spacial score (nSPS) is 14.1. The molecule has 0 radical (unpaired) electrons. The van der Waals surface area contributed by atoms with Gasteiger partial charge < -0.3 is 30.3 Å². The van der Waals surface area contributed by atoms with Crippen molar-refractivity contribution in [3.8, 4) is 0 Å². The SMILES string of the molecule is Cc1c(NC[C@H](NC(=O)OCc2ccccc2)C(=O)OC(C)(C)C)ncnc1N1CCC(c2cccc(NCc3ccccc3)n2)CC1. The van der Waals surface area contributed by atoms with Gasteiger partial charge >= 0.3 is 12.1 Å². The monoisotopic (exact) mass is 651 g/mol. The Morgan fingerprint density at radius 3 is 2.27 bits per heavy atom. The predicted octanol–water partition coefficient (Wildman–Crippen LogP) is 6.22. The lowest BCUT2D eigenvalue weighted by Crippen LogP contribution is -2.48. The second-order valence-electron chi connectivity index (χ2n) is 12.9. The third-order valence-electron chi connectivity index (χ3n) is 8.03. The summed E-state index contributed by atoms with van der Waals surface area (Å²) in [6, 6.07) is 24.8. The summed E-state index contributed by atoms with van der Waals surface area (Å²) in [5.74, 6) is 2.07. The van der Waals surface area contributed by atoms with Crippen molar-refractivity contribution in [2.75, 3.05) is 35.2 Å². The number of aromatic nitrogens is 3. The van der Waals surface area contributed by atoms with Crippen molar-refractivity contribution in [3.63, 3.8) is 0 Å². The Balaban J connectivity index is 1.18. The molecular weight excluding hydrogens is 606 g/mol. The zero-order valence-electron chi connectivity index (χ0n) is 28.1. The van der Waals surface area contributed by atoms with Crippen LogP contribution in [0, 0.1) is 6.92 Å². The highest BCUT2D eigenvalue weighted by atomic mass is 16.6. The lowest BCUT2D eigenvalue weighted by Gasteiger charge is -2.33. The van der Waals surface area contributed by atoms with E-state index in [4.69, 9.17) is 14.5 Å². The van der Waals surface area contributed by atoms with E-state index in [1.54, 1.807) is 20.8 Å². The second kappa shape index (κ2) is 16.1. The number of hydrogen-bond acceptors (Lipinski definition) is 10. The van der Waals surface area contributed by atoms with Gasteiger partial charge in [0, 0.05) is 43.4 Å². The first-order chi connectivity index (χ1) is 23.1. The van der Waals surface area contributed by atoms with Gasteiger partial charge in [-0.3, -0.25) is 0 Å². The fourth-order valence-electron chi connectivity index (χ4n) is 5.56. The van der Waals surface area contributed by atoms with Gasteiger partial charge in [-0.2, -0.15) is 0 Å². The van der Waals surface area contributed by atoms with Gasteiger partial charge in [0.1, 0.15) is 42.0 Å². The topological polar surface area (TPSA) is 131 Å². The zero-order valence-corrected chi connectivity index (χ0v) is 28.1. The maximum Gasteiger partial charge on any atom is 0.408 e. The number of anilines is 3. The highest BCUT2D eigenvalue weighted by Gasteiger charge is 2.29. The number of ether oxygens (including phenoxy) is 2. The fourth-order valence-corrected chi connectivity index (χ4v) is 5.56.